The highest BCUT2D eigenvalue weighted by molar-refractivity contribution is 7.92. The molecule has 1 N–H and O–H groups in total. The summed E-state index contributed by atoms with van der Waals surface area (Å²) in [4.78, 5) is 27.9. The van der Waals surface area contributed by atoms with Crippen molar-refractivity contribution in [2.75, 3.05) is 30.8 Å². The number of methoxy groups -OCH3 is 1. The zero-order valence-corrected chi connectivity index (χ0v) is 22.6. The van der Waals surface area contributed by atoms with E-state index < -0.39 is 28.5 Å². The van der Waals surface area contributed by atoms with E-state index in [1.807, 2.05) is 6.92 Å². The summed E-state index contributed by atoms with van der Waals surface area (Å²) in [6, 6.07) is 10.4. The quantitative estimate of drug-likeness (QED) is 0.434. The second-order valence-electron chi connectivity index (χ2n) is 7.94. The second-order valence-corrected chi connectivity index (χ2v) is 10.7. The monoisotopic (exact) mass is 543 g/mol. The minimum absolute atomic E-state index is 0.00705. The van der Waals surface area contributed by atoms with Gasteiger partial charge in [0.15, 0.2) is 0 Å². The minimum atomic E-state index is -3.82. The molecule has 0 aliphatic carbocycles. The van der Waals surface area contributed by atoms with Crippen molar-refractivity contribution in [2.45, 2.75) is 39.3 Å². The van der Waals surface area contributed by atoms with Gasteiger partial charge in [-0.25, -0.2) is 8.42 Å². The smallest absolute Gasteiger partial charge is 0.244 e. The fourth-order valence-electron chi connectivity index (χ4n) is 3.48. The number of nitrogens with one attached hydrogen (secondary N) is 1. The van der Waals surface area contributed by atoms with E-state index in [1.54, 1.807) is 49.4 Å². The van der Waals surface area contributed by atoms with Gasteiger partial charge in [-0.2, -0.15) is 0 Å². The summed E-state index contributed by atoms with van der Waals surface area (Å²) in [5.41, 5.74) is 0.885. The molecule has 1 atom stereocenters. The number of amides is 2. The number of rotatable bonds is 12. The van der Waals surface area contributed by atoms with Crippen molar-refractivity contribution in [1.29, 1.82) is 0 Å². The number of hydrogen-bond acceptors (Lipinski definition) is 5. The molecule has 8 nitrogen and oxygen atoms in total. The first-order valence-electron chi connectivity index (χ1n) is 11.1. The molecule has 2 rings (SSSR count). The highest BCUT2D eigenvalue weighted by atomic mass is 35.5. The first-order chi connectivity index (χ1) is 16.5. The Bertz CT molecular complexity index is 1130. The van der Waals surface area contributed by atoms with Crippen LogP contribution in [0.25, 0.3) is 0 Å². The van der Waals surface area contributed by atoms with E-state index in [9.17, 15) is 18.0 Å². The molecule has 0 aliphatic rings. The Labute approximate surface area is 217 Å². The van der Waals surface area contributed by atoms with Gasteiger partial charge in [0.1, 0.15) is 18.3 Å². The molecule has 0 saturated carbocycles. The van der Waals surface area contributed by atoms with Crippen LogP contribution in [0.3, 0.4) is 0 Å². The minimum Gasteiger partial charge on any atom is -0.497 e. The number of anilines is 1. The number of nitrogens with zero attached hydrogens (tertiary/aromatic N) is 2. The topological polar surface area (TPSA) is 96.0 Å². The molecule has 0 spiro atoms. The molecule has 0 radical (unpaired) electrons. The molecule has 2 aromatic rings. The van der Waals surface area contributed by atoms with Gasteiger partial charge >= 0.3 is 0 Å². The van der Waals surface area contributed by atoms with Crippen molar-refractivity contribution in [2.24, 2.45) is 0 Å². The van der Waals surface area contributed by atoms with Crippen molar-refractivity contribution < 1.29 is 22.7 Å². The standard InChI is InChI=1S/C24H31Cl2N3O5S/c1-5-13-27-24(31)22(6-2)28(15-17-7-8-18(25)14-21(17)26)23(30)16-29(35(4,32)33)19-9-11-20(34-3)12-10-19/h7-12,14,22H,5-6,13,15-16H2,1-4H3,(H,27,31). The maximum absolute atomic E-state index is 13.6. The van der Waals surface area contributed by atoms with Crippen LogP contribution in [0, 0.1) is 0 Å². The summed E-state index contributed by atoms with van der Waals surface area (Å²) < 4.78 is 31.4. The Morgan fingerprint density at radius 3 is 2.26 bits per heavy atom. The maximum atomic E-state index is 13.6. The van der Waals surface area contributed by atoms with Gasteiger partial charge in [0, 0.05) is 23.1 Å². The number of ether oxygens (including phenoxy) is 1. The highest BCUT2D eigenvalue weighted by Gasteiger charge is 2.32. The van der Waals surface area contributed by atoms with Crippen molar-refractivity contribution in [3.63, 3.8) is 0 Å². The van der Waals surface area contributed by atoms with Crippen LogP contribution in [-0.2, 0) is 26.2 Å². The predicted molar refractivity (Wildman–Crippen MR) is 140 cm³/mol. The number of sulfonamides is 1. The lowest BCUT2D eigenvalue weighted by Crippen LogP contribution is -2.52. The number of carbonyl (C=O) groups is 2. The summed E-state index contributed by atoms with van der Waals surface area (Å²) in [6.45, 7) is 3.69. The van der Waals surface area contributed by atoms with Gasteiger partial charge in [-0.1, -0.05) is 43.1 Å². The summed E-state index contributed by atoms with van der Waals surface area (Å²) in [5, 5.41) is 3.60. The second kappa shape index (κ2) is 13.0. The molecule has 1 unspecified atom stereocenters. The highest BCUT2D eigenvalue weighted by Crippen LogP contribution is 2.25. The lowest BCUT2D eigenvalue weighted by atomic mass is 10.1. The zero-order chi connectivity index (χ0) is 26.2. The van der Waals surface area contributed by atoms with E-state index in [1.165, 1.54) is 12.0 Å². The Kier molecular flexibility index (Phi) is 10.7. The van der Waals surface area contributed by atoms with Gasteiger partial charge in [-0.15, -0.1) is 0 Å². The Hall–Kier alpha value is -2.49. The number of carbonyl (C=O) groups excluding carboxylic acids is 2. The van der Waals surface area contributed by atoms with Gasteiger partial charge in [0.25, 0.3) is 0 Å². The van der Waals surface area contributed by atoms with Crippen molar-refractivity contribution in [3.05, 3.63) is 58.1 Å². The average molecular weight is 545 g/mol. The molecule has 0 saturated heterocycles. The van der Waals surface area contributed by atoms with E-state index in [2.05, 4.69) is 5.32 Å². The van der Waals surface area contributed by atoms with Crippen LogP contribution in [0.5, 0.6) is 5.75 Å². The van der Waals surface area contributed by atoms with Crippen molar-refractivity contribution >= 4 is 50.7 Å². The Morgan fingerprint density at radius 2 is 1.74 bits per heavy atom. The van der Waals surface area contributed by atoms with Crippen molar-refractivity contribution in [1.82, 2.24) is 10.2 Å². The van der Waals surface area contributed by atoms with Crippen LogP contribution in [0.4, 0.5) is 5.69 Å². The Morgan fingerprint density at radius 1 is 1.09 bits per heavy atom. The summed E-state index contributed by atoms with van der Waals surface area (Å²) in [5.74, 6) is -0.315. The summed E-state index contributed by atoms with van der Waals surface area (Å²) in [7, 11) is -2.32. The zero-order valence-electron chi connectivity index (χ0n) is 20.3. The molecule has 0 bridgehead atoms. The molecule has 0 aromatic heterocycles. The van der Waals surface area contributed by atoms with E-state index in [-0.39, 0.29) is 12.5 Å². The predicted octanol–water partition coefficient (Wildman–Crippen LogP) is 4.10. The fourth-order valence-corrected chi connectivity index (χ4v) is 4.80. The van der Waals surface area contributed by atoms with Crippen LogP contribution in [0.2, 0.25) is 10.0 Å². The van der Waals surface area contributed by atoms with Gasteiger partial charge in [0.05, 0.1) is 19.1 Å². The SMILES string of the molecule is CCCNC(=O)C(CC)N(Cc1ccc(Cl)cc1Cl)C(=O)CN(c1ccc(OC)cc1)S(C)(=O)=O. The van der Waals surface area contributed by atoms with Gasteiger partial charge in [-0.3, -0.25) is 13.9 Å². The summed E-state index contributed by atoms with van der Waals surface area (Å²) in [6.07, 6.45) is 2.09. The lowest BCUT2D eigenvalue weighted by Gasteiger charge is -2.33. The molecule has 35 heavy (non-hydrogen) atoms. The number of benzene rings is 2. The third-order valence-electron chi connectivity index (χ3n) is 5.33. The molecule has 0 aliphatic heterocycles. The number of hydrogen-bond donors (Lipinski definition) is 1. The molecule has 0 fully saturated rings. The maximum Gasteiger partial charge on any atom is 0.244 e. The van der Waals surface area contributed by atoms with E-state index in [0.717, 1.165) is 17.0 Å². The van der Waals surface area contributed by atoms with Crippen LogP contribution >= 0.6 is 23.2 Å². The van der Waals surface area contributed by atoms with Crippen LogP contribution in [0.15, 0.2) is 42.5 Å². The fraction of sp³-hybridized carbons (Fsp3) is 0.417. The van der Waals surface area contributed by atoms with Gasteiger partial charge in [-0.05, 0) is 54.8 Å². The molecule has 192 valence electrons. The van der Waals surface area contributed by atoms with Crippen molar-refractivity contribution in [3.8, 4) is 5.75 Å². The normalized spacial score (nSPS) is 12.1. The molecule has 0 heterocycles. The third kappa shape index (κ3) is 8.02. The average Bonchev–Trinajstić information content (AvgIpc) is 2.81. The molecular formula is C24H31Cl2N3O5S. The number of halogens is 2. The first-order valence-corrected chi connectivity index (χ1v) is 13.7. The van der Waals surface area contributed by atoms with E-state index in [4.69, 9.17) is 27.9 Å². The van der Waals surface area contributed by atoms with Crippen LogP contribution < -0.4 is 14.4 Å². The Balaban J connectivity index is 2.44. The van der Waals surface area contributed by atoms with Crippen LogP contribution in [-0.4, -0.2) is 57.6 Å². The summed E-state index contributed by atoms with van der Waals surface area (Å²) >= 11 is 12.4. The molecule has 2 amide bonds. The van der Waals surface area contributed by atoms with Gasteiger partial charge < -0.3 is 15.0 Å². The molecule has 2 aromatic carbocycles. The first kappa shape index (κ1) is 28.7. The lowest BCUT2D eigenvalue weighted by molar-refractivity contribution is -0.140. The van der Waals surface area contributed by atoms with E-state index >= 15 is 0 Å². The molecule has 11 heteroatoms. The largest absolute Gasteiger partial charge is 0.497 e. The van der Waals surface area contributed by atoms with E-state index in [0.29, 0.717) is 40.0 Å². The third-order valence-corrected chi connectivity index (χ3v) is 7.06. The van der Waals surface area contributed by atoms with Gasteiger partial charge in [0.2, 0.25) is 21.8 Å². The van der Waals surface area contributed by atoms with Crippen LogP contribution in [0.1, 0.15) is 32.3 Å². The molecular weight excluding hydrogens is 513 g/mol.